The molecule has 0 saturated carbocycles. The molecule has 0 N–H and O–H groups in total. The standard InChI is InChI=1S/C120H76N2/c1-4-30-77(31-5-1)79-62-65-88(66-63-79)122(90-68-70-100-97-46-20-25-55-109(97)119(113(100)76-90)107-53-23-18-44-95(107)96-45-19-24-54-108(96)119)117-104-51-16-12-42-93(104)91-40-10-14-49-102(91)115(117)81-60-58-80(59-61-81)82-34-28-36-84(72-82)85-64-71-112-106(74-85)99-48-22-27-57-111(99)120(112)110-56-26-21-47-98(110)101-69-67-89(75-114(101)120)121(87-38-8-3-9-39-87)118-105-52-17-13-43-94(105)92-41-11-15-50-103(92)116(118)86-37-29-35-83(73-86)78-32-6-2-7-33-78/h1-76H. The molecule has 566 valence electrons. The molecule has 2 nitrogen and oxygen atoms in total. The summed E-state index contributed by atoms with van der Waals surface area (Å²) in [5, 5.41) is 9.60. The maximum atomic E-state index is 2.58. The van der Waals surface area contributed by atoms with Crippen LogP contribution >= 0.6 is 0 Å². The number of hydrogen-bond donors (Lipinski definition) is 0. The van der Waals surface area contributed by atoms with Crippen LogP contribution in [0.5, 0.6) is 0 Å². The van der Waals surface area contributed by atoms with E-state index in [1.807, 2.05) is 0 Å². The second-order valence-corrected chi connectivity index (χ2v) is 33.1. The number of benzene rings is 21. The Hall–Kier alpha value is -15.7. The molecule has 1 atom stereocenters. The number of anilines is 6. The second-order valence-electron chi connectivity index (χ2n) is 33.1. The Bertz CT molecular complexity index is 7810. The first kappa shape index (κ1) is 69.4. The highest BCUT2D eigenvalue weighted by Crippen LogP contribution is 2.67. The van der Waals surface area contributed by atoms with Gasteiger partial charge in [0.25, 0.3) is 0 Å². The average molecular weight is 1550 g/mol. The molecule has 4 aliphatic carbocycles. The Labute approximate surface area is 709 Å². The summed E-state index contributed by atoms with van der Waals surface area (Å²) in [6.45, 7) is 0. The largest absolute Gasteiger partial charge is 0.309 e. The first-order valence-corrected chi connectivity index (χ1v) is 42.5. The van der Waals surface area contributed by atoms with Crippen molar-refractivity contribution < 1.29 is 0 Å². The third-order valence-corrected chi connectivity index (χ3v) is 27.0. The molecular formula is C120H76N2. The van der Waals surface area contributed by atoms with Gasteiger partial charge >= 0.3 is 0 Å². The molecule has 0 radical (unpaired) electrons. The molecule has 4 aliphatic rings. The number of hydrogen-bond acceptors (Lipinski definition) is 2. The van der Waals surface area contributed by atoms with Crippen molar-refractivity contribution in [3.63, 3.8) is 0 Å². The zero-order valence-electron chi connectivity index (χ0n) is 66.8. The summed E-state index contributed by atoms with van der Waals surface area (Å²) in [5.74, 6) is 0. The van der Waals surface area contributed by atoms with Crippen LogP contribution in [0.4, 0.5) is 34.1 Å². The summed E-state index contributed by atoms with van der Waals surface area (Å²) in [5.41, 5.74) is 40.0. The molecule has 0 amide bonds. The second kappa shape index (κ2) is 27.4. The normalized spacial score (nSPS) is 13.8. The first-order chi connectivity index (χ1) is 60.5. The van der Waals surface area contributed by atoms with Gasteiger partial charge in [-0.2, -0.15) is 0 Å². The molecule has 1 unspecified atom stereocenters. The fourth-order valence-electron chi connectivity index (χ4n) is 22.0. The summed E-state index contributed by atoms with van der Waals surface area (Å²) in [6.07, 6.45) is 0. The van der Waals surface area contributed by atoms with Gasteiger partial charge in [-0.25, -0.2) is 0 Å². The fourth-order valence-corrected chi connectivity index (χ4v) is 22.0. The van der Waals surface area contributed by atoms with Crippen LogP contribution in [0.1, 0.15) is 44.5 Å². The maximum Gasteiger partial charge on any atom is 0.0726 e. The topological polar surface area (TPSA) is 6.48 Å². The quantitative estimate of drug-likeness (QED) is 0.113. The fraction of sp³-hybridized carbons (Fsp3) is 0.0167. The summed E-state index contributed by atoms with van der Waals surface area (Å²) in [4.78, 5) is 5.14. The Balaban J connectivity index is 0.627. The minimum Gasteiger partial charge on any atom is -0.309 e. The lowest BCUT2D eigenvalue weighted by Crippen LogP contribution is -2.26. The van der Waals surface area contributed by atoms with Crippen molar-refractivity contribution in [2.45, 2.75) is 10.8 Å². The zero-order valence-corrected chi connectivity index (χ0v) is 66.8. The highest BCUT2D eigenvalue weighted by molar-refractivity contribution is 6.24. The van der Waals surface area contributed by atoms with Crippen LogP contribution in [0.3, 0.4) is 0 Å². The van der Waals surface area contributed by atoms with E-state index in [-0.39, 0.29) is 0 Å². The predicted molar refractivity (Wildman–Crippen MR) is 511 cm³/mol. The van der Waals surface area contributed by atoms with E-state index in [0.29, 0.717) is 0 Å². The molecule has 2 heteroatoms. The van der Waals surface area contributed by atoms with Crippen LogP contribution in [0.15, 0.2) is 461 Å². The molecule has 0 heterocycles. The zero-order chi connectivity index (χ0) is 80.1. The van der Waals surface area contributed by atoms with Crippen molar-refractivity contribution in [1.29, 1.82) is 0 Å². The summed E-state index contributed by atoms with van der Waals surface area (Å²) >= 11 is 0. The Kier molecular flexibility index (Phi) is 15.6. The molecule has 21 aromatic rings. The van der Waals surface area contributed by atoms with Gasteiger partial charge in [-0.15, -0.1) is 0 Å². The highest BCUT2D eigenvalue weighted by atomic mass is 15.2. The average Bonchev–Trinajstić information content (AvgIpc) is 1.51. The van der Waals surface area contributed by atoms with Crippen LogP contribution in [0.2, 0.25) is 0 Å². The van der Waals surface area contributed by atoms with E-state index in [2.05, 4.69) is 471 Å². The molecule has 0 fully saturated rings. The summed E-state index contributed by atoms with van der Waals surface area (Å²) in [7, 11) is 0. The van der Waals surface area contributed by atoms with Gasteiger partial charge in [-0.05, 0) is 244 Å². The van der Waals surface area contributed by atoms with Gasteiger partial charge in [0.05, 0.1) is 22.2 Å². The van der Waals surface area contributed by atoms with Gasteiger partial charge in [-0.3, -0.25) is 0 Å². The molecule has 21 aromatic carbocycles. The van der Waals surface area contributed by atoms with Crippen LogP contribution in [-0.4, -0.2) is 0 Å². The minimum atomic E-state index is -0.636. The monoisotopic (exact) mass is 1540 g/mol. The Morgan fingerprint density at radius 3 is 0.852 bits per heavy atom. The lowest BCUT2D eigenvalue weighted by atomic mass is 9.70. The minimum absolute atomic E-state index is 0.539. The summed E-state index contributed by atoms with van der Waals surface area (Å²) in [6, 6.07) is 174. The van der Waals surface area contributed by atoms with Crippen molar-refractivity contribution in [2.24, 2.45) is 0 Å². The Morgan fingerprint density at radius 2 is 0.393 bits per heavy atom. The van der Waals surface area contributed by atoms with Crippen LogP contribution in [0.25, 0.3) is 154 Å². The van der Waals surface area contributed by atoms with E-state index in [1.165, 1.54) is 171 Å². The maximum absolute atomic E-state index is 2.58. The third kappa shape index (κ3) is 10.2. The van der Waals surface area contributed by atoms with E-state index in [4.69, 9.17) is 0 Å². The lowest BCUT2D eigenvalue weighted by Gasteiger charge is -2.33. The molecule has 0 aromatic heterocycles. The van der Waals surface area contributed by atoms with E-state index >= 15 is 0 Å². The van der Waals surface area contributed by atoms with E-state index in [1.54, 1.807) is 0 Å². The van der Waals surface area contributed by atoms with Crippen molar-refractivity contribution in [3.05, 3.63) is 506 Å². The van der Waals surface area contributed by atoms with Crippen LogP contribution in [0, 0.1) is 0 Å². The van der Waals surface area contributed by atoms with Gasteiger partial charge in [0, 0.05) is 44.6 Å². The lowest BCUT2D eigenvalue weighted by molar-refractivity contribution is 0.793. The van der Waals surface area contributed by atoms with Crippen molar-refractivity contribution >= 4 is 77.2 Å². The molecule has 0 aliphatic heterocycles. The van der Waals surface area contributed by atoms with E-state index in [0.717, 1.165) is 61.9 Å². The first-order valence-electron chi connectivity index (χ1n) is 42.5. The van der Waals surface area contributed by atoms with Crippen molar-refractivity contribution in [2.75, 3.05) is 9.80 Å². The van der Waals surface area contributed by atoms with Crippen molar-refractivity contribution in [3.8, 4) is 111 Å². The van der Waals surface area contributed by atoms with Gasteiger partial charge in [-0.1, -0.05) is 394 Å². The highest BCUT2D eigenvalue weighted by Gasteiger charge is 2.54. The molecular weight excluding hydrogens is 1470 g/mol. The number of nitrogens with zero attached hydrogens (tertiary/aromatic N) is 2. The van der Waals surface area contributed by atoms with E-state index in [9.17, 15) is 0 Å². The van der Waals surface area contributed by atoms with Crippen LogP contribution < -0.4 is 9.80 Å². The number of fused-ring (bicyclic) bond motifs is 26. The van der Waals surface area contributed by atoms with Gasteiger partial charge in [0.2, 0.25) is 0 Å². The number of rotatable bonds is 12. The molecule has 2 spiro atoms. The SMILES string of the molecule is c1ccc(-c2ccc(N(c3ccc4c(c3)C3(c5ccccc5-c5ccccc53)c3ccccc3-4)c3c(-c4ccc(-c5cccc(-c6ccc7c(c6)-c6ccccc6C76c7ccccc7-c7ccc(N(c8ccccc8)c8c(-c9cccc(-c%10ccccc%10)c9)c9ccccc9c9ccccc89)cc76)c5)cc4)c4ccccc4c4ccccc34)cc2)cc1. The van der Waals surface area contributed by atoms with Crippen molar-refractivity contribution in [1.82, 2.24) is 0 Å². The third-order valence-electron chi connectivity index (χ3n) is 27.0. The number of para-hydroxylation sites is 1. The predicted octanol–water partition coefficient (Wildman–Crippen LogP) is 31.9. The molecule has 25 rings (SSSR count). The summed E-state index contributed by atoms with van der Waals surface area (Å²) < 4.78 is 0. The van der Waals surface area contributed by atoms with Gasteiger partial charge in [0.1, 0.15) is 0 Å². The van der Waals surface area contributed by atoms with E-state index < -0.39 is 10.8 Å². The smallest absolute Gasteiger partial charge is 0.0726 e. The molecule has 0 saturated heterocycles. The molecule has 122 heavy (non-hydrogen) atoms. The van der Waals surface area contributed by atoms with Crippen LogP contribution in [-0.2, 0) is 10.8 Å². The van der Waals surface area contributed by atoms with Gasteiger partial charge < -0.3 is 9.80 Å². The molecule has 0 bridgehead atoms. The van der Waals surface area contributed by atoms with Gasteiger partial charge in [0.15, 0.2) is 0 Å². The Morgan fingerprint density at radius 1 is 0.131 bits per heavy atom.